The van der Waals surface area contributed by atoms with Crippen molar-refractivity contribution in [2.45, 2.75) is 51.0 Å². The molecule has 0 spiro atoms. The Hall–Kier alpha value is -0.160. The molecule has 2 aliphatic heterocycles. The summed E-state index contributed by atoms with van der Waals surface area (Å²) >= 11 is 0. The maximum absolute atomic E-state index is 5.62. The van der Waals surface area contributed by atoms with Crippen LogP contribution in [0.2, 0.25) is 0 Å². The SMILES string of the molecule is COC1CCCN(CC2(CN3CCOCC3)CCCCC2)C1. The molecule has 2 heterocycles. The van der Waals surface area contributed by atoms with E-state index in [1.54, 1.807) is 0 Å². The molecule has 0 bridgehead atoms. The van der Waals surface area contributed by atoms with Gasteiger partial charge in [0.15, 0.2) is 0 Å². The molecule has 0 aromatic rings. The van der Waals surface area contributed by atoms with E-state index in [0.29, 0.717) is 11.5 Å². The van der Waals surface area contributed by atoms with Crippen molar-refractivity contribution in [3.05, 3.63) is 0 Å². The van der Waals surface area contributed by atoms with Crippen molar-refractivity contribution in [3.63, 3.8) is 0 Å². The average Bonchev–Trinajstić information content (AvgIpc) is 2.56. The van der Waals surface area contributed by atoms with Crippen molar-refractivity contribution < 1.29 is 9.47 Å². The normalized spacial score (nSPS) is 31.2. The van der Waals surface area contributed by atoms with Gasteiger partial charge in [-0.3, -0.25) is 4.90 Å². The third kappa shape index (κ3) is 4.44. The van der Waals surface area contributed by atoms with E-state index in [1.807, 2.05) is 7.11 Å². The van der Waals surface area contributed by atoms with Crippen LogP contribution in [0.4, 0.5) is 0 Å². The number of rotatable bonds is 5. The Kier molecular flexibility index (Phi) is 6.14. The highest BCUT2D eigenvalue weighted by Gasteiger charge is 2.37. The first-order valence-corrected chi connectivity index (χ1v) is 9.35. The summed E-state index contributed by atoms with van der Waals surface area (Å²) in [5.41, 5.74) is 0.519. The molecule has 1 aliphatic carbocycles. The van der Waals surface area contributed by atoms with Gasteiger partial charge >= 0.3 is 0 Å². The number of hydrogen-bond donors (Lipinski definition) is 0. The summed E-state index contributed by atoms with van der Waals surface area (Å²) in [6, 6.07) is 0. The number of methoxy groups -OCH3 is 1. The molecule has 128 valence electrons. The van der Waals surface area contributed by atoms with Crippen molar-refractivity contribution in [1.29, 1.82) is 0 Å². The van der Waals surface area contributed by atoms with E-state index in [1.165, 1.54) is 64.6 Å². The van der Waals surface area contributed by atoms with E-state index in [4.69, 9.17) is 9.47 Å². The molecule has 3 aliphatic rings. The lowest BCUT2D eigenvalue weighted by Gasteiger charge is -2.46. The highest BCUT2D eigenvalue weighted by atomic mass is 16.5. The Bertz CT molecular complexity index is 325. The molecule has 0 N–H and O–H groups in total. The summed E-state index contributed by atoms with van der Waals surface area (Å²) in [5.74, 6) is 0. The third-order valence-electron chi connectivity index (χ3n) is 5.93. The van der Waals surface area contributed by atoms with Crippen LogP contribution in [0.1, 0.15) is 44.9 Å². The quantitative estimate of drug-likeness (QED) is 0.778. The highest BCUT2D eigenvalue weighted by Crippen LogP contribution is 2.38. The van der Waals surface area contributed by atoms with E-state index in [9.17, 15) is 0 Å². The predicted molar refractivity (Wildman–Crippen MR) is 89.2 cm³/mol. The van der Waals surface area contributed by atoms with Gasteiger partial charge in [0.25, 0.3) is 0 Å². The maximum Gasteiger partial charge on any atom is 0.0698 e. The van der Waals surface area contributed by atoms with Crippen molar-refractivity contribution in [3.8, 4) is 0 Å². The minimum atomic E-state index is 0.456. The summed E-state index contributed by atoms with van der Waals surface area (Å²) in [7, 11) is 1.87. The summed E-state index contributed by atoms with van der Waals surface area (Å²) in [6.45, 7) is 9.07. The molecule has 0 aromatic carbocycles. The lowest BCUT2D eigenvalue weighted by Crippen LogP contribution is -2.51. The lowest BCUT2D eigenvalue weighted by atomic mass is 9.73. The molecule has 3 rings (SSSR count). The fourth-order valence-electron chi connectivity index (χ4n) is 4.73. The van der Waals surface area contributed by atoms with Gasteiger partial charge in [0, 0.05) is 39.8 Å². The first-order valence-electron chi connectivity index (χ1n) is 9.35. The second kappa shape index (κ2) is 8.09. The first-order chi connectivity index (χ1) is 10.8. The highest BCUT2D eigenvalue weighted by molar-refractivity contribution is 4.90. The van der Waals surface area contributed by atoms with Crippen molar-refractivity contribution in [1.82, 2.24) is 9.80 Å². The van der Waals surface area contributed by atoms with Crippen LogP contribution in [-0.2, 0) is 9.47 Å². The van der Waals surface area contributed by atoms with Crippen LogP contribution in [0.15, 0.2) is 0 Å². The molecule has 2 saturated heterocycles. The number of morpholine rings is 1. The van der Waals surface area contributed by atoms with E-state index >= 15 is 0 Å². The van der Waals surface area contributed by atoms with Crippen molar-refractivity contribution in [2.75, 3.05) is 59.6 Å². The summed E-state index contributed by atoms with van der Waals surface area (Å²) in [4.78, 5) is 5.36. The van der Waals surface area contributed by atoms with E-state index < -0.39 is 0 Å². The zero-order valence-electron chi connectivity index (χ0n) is 14.4. The van der Waals surface area contributed by atoms with Crippen LogP contribution in [-0.4, -0.2) is 75.5 Å². The van der Waals surface area contributed by atoms with Gasteiger partial charge in [-0.15, -0.1) is 0 Å². The number of likely N-dealkylation sites (tertiary alicyclic amines) is 1. The molecule has 0 radical (unpaired) electrons. The average molecular weight is 310 g/mol. The predicted octanol–water partition coefficient (Wildman–Crippen LogP) is 2.38. The Labute approximate surface area is 136 Å². The molecular formula is C18H34N2O2. The monoisotopic (exact) mass is 310 g/mol. The third-order valence-corrected chi connectivity index (χ3v) is 5.93. The van der Waals surface area contributed by atoms with Crippen LogP contribution in [0.3, 0.4) is 0 Å². The maximum atomic E-state index is 5.62. The van der Waals surface area contributed by atoms with Gasteiger partial charge < -0.3 is 14.4 Å². The second-order valence-electron chi connectivity index (χ2n) is 7.68. The zero-order valence-corrected chi connectivity index (χ0v) is 14.4. The Morgan fingerprint density at radius 2 is 1.68 bits per heavy atom. The molecular weight excluding hydrogens is 276 g/mol. The topological polar surface area (TPSA) is 24.9 Å². The summed E-state index contributed by atoms with van der Waals surface area (Å²) < 4.78 is 11.2. The van der Waals surface area contributed by atoms with Crippen molar-refractivity contribution >= 4 is 0 Å². The van der Waals surface area contributed by atoms with Gasteiger partial charge in [0.1, 0.15) is 0 Å². The van der Waals surface area contributed by atoms with E-state index in [-0.39, 0.29) is 0 Å². The molecule has 3 fully saturated rings. The van der Waals surface area contributed by atoms with E-state index in [2.05, 4.69) is 9.80 Å². The van der Waals surface area contributed by atoms with Crippen LogP contribution >= 0.6 is 0 Å². The number of ether oxygens (including phenoxy) is 2. The fraction of sp³-hybridized carbons (Fsp3) is 1.00. The van der Waals surface area contributed by atoms with Gasteiger partial charge in [0.2, 0.25) is 0 Å². The summed E-state index contributed by atoms with van der Waals surface area (Å²) in [6.07, 6.45) is 10.1. The zero-order chi connectivity index (χ0) is 15.3. The van der Waals surface area contributed by atoms with Crippen molar-refractivity contribution in [2.24, 2.45) is 5.41 Å². The largest absolute Gasteiger partial charge is 0.380 e. The smallest absolute Gasteiger partial charge is 0.0698 e. The molecule has 4 heteroatoms. The second-order valence-corrected chi connectivity index (χ2v) is 7.68. The van der Waals surface area contributed by atoms with Gasteiger partial charge in [0.05, 0.1) is 19.3 Å². The molecule has 22 heavy (non-hydrogen) atoms. The van der Waals surface area contributed by atoms with Gasteiger partial charge in [-0.05, 0) is 37.6 Å². The molecule has 0 amide bonds. The molecule has 1 unspecified atom stereocenters. The molecule has 0 aromatic heterocycles. The standard InChI is InChI=1S/C18H34N2O2/c1-21-17-6-5-9-20(14-17)16-18(7-3-2-4-8-18)15-19-10-12-22-13-11-19/h17H,2-16H2,1H3. The summed E-state index contributed by atoms with van der Waals surface area (Å²) in [5, 5.41) is 0. The Morgan fingerprint density at radius 3 is 2.41 bits per heavy atom. The van der Waals surface area contributed by atoms with Crippen LogP contribution in [0.25, 0.3) is 0 Å². The lowest BCUT2D eigenvalue weighted by molar-refractivity contribution is -0.0224. The Morgan fingerprint density at radius 1 is 0.955 bits per heavy atom. The molecule has 4 nitrogen and oxygen atoms in total. The molecule has 1 saturated carbocycles. The number of hydrogen-bond acceptors (Lipinski definition) is 4. The number of piperidine rings is 1. The first kappa shape index (κ1) is 16.7. The number of nitrogens with zero attached hydrogens (tertiary/aromatic N) is 2. The van der Waals surface area contributed by atoms with Crippen LogP contribution in [0, 0.1) is 5.41 Å². The Balaban J connectivity index is 1.60. The van der Waals surface area contributed by atoms with Gasteiger partial charge in [-0.1, -0.05) is 19.3 Å². The minimum Gasteiger partial charge on any atom is -0.380 e. The van der Waals surface area contributed by atoms with E-state index in [0.717, 1.165) is 32.8 Å². The van der Waals surface area contributed by atoms with Gasteiger partial charge in [-0.25, -0.2) is 0 Å². The van der Waals surface area contributed by atoms with Crippen LogP contribution in [0.5, 0.6) is 0 Å². The minimum absolute atomic E-state index is 0.456. The fourth-order valence-corrected chi connectivity index (χ4v) is 4.73. The molecule has 1 atom stereocenters. The van der Waals surface area contributed by atoms with Gasteiger partial charge in [-0.2, -0.15) is 0 Å². The van der Waals surface area contributed by atoms with Crippen LogP contribution < -0.4 is 0 Å².